The molecule has 1 heterocycles. The zero-order chi connectivity index (χ0) is 14.4. The van der Waals surface area contributed by atoms with E-state index in [0.717, 1.165) is 0 Å². The van der Waals surface area contributed by atoms with Gasteiger partial charge in [-0.25, -0.2) is 0 Å². The monoisotopic (exact) mass is 262 g/mol. The number of nitrogens with two attached hydrogens (primary N) is 1. The molecule has 0 bridgehead atoms. The highest BCUT2D eigenvalue weighted by Gasteiger charge is 2.24. The van der Waals surface area contributed by atoms with Gasteiger partial charge in [-0.2, -0.15) is 0 Å². The lowest BCUT2D eigenvalue weighted by atomic mass is 10.2. The summed E-state index contributed by atoms with van der Waals surface area (Å²) >= 11 is 0. The van der Waals surface area contributed by atoms with Gasteiger partial charge in [0.1, 0.15) is 12.0 Å². The van der Waals surface area contributed by atoms with Crippen molar-refractivity contribution in [3.8, 4) is 11.8 Å². The maximum absolute atomic E-state index is 11.0. The summed E-state index contributed by atoms with van der Waals surface area (Å²) < 4.78 is 1.54. The van der Waals surface area contributed by atoms with Crippen molar-refractivity contribution in [1.29, 1.82) is 0 Å². The summed E-state index contributed by atoms with van der Waals surface area (Å²) in [7, 11) is 1.64. The zero-order valence-corrected chi connectivity index (χ0v) is 10.7. The molecular formula is C12H14N4O3. The summed E-state index contributed by atoms with van der Waals surface area (Å²) in [5.41, 5.74) is 6.46. The van der Waals surface area contributed by atoms with Crippen molar-refractivity contribution in [2.75, 3.05) is 0 Å². The van der Waals surface area contributed by atoms with Crippen molar-refractivity contribution in [3.05, 3.63) is 33.4 Å². The quantitative estimate of drug-likeness (QED) is 0.363. The Morgan fingerprint density at radius 2 is 2.32 bits per heavy atom. The molecule has 2 N–H and O–H groups in total. The van der Waals surface area contributed by atoms with E-state index in [1.165, 1.54) is 10.6 Å². The van der Waals surface area contributed by atoms with Crippen LogP contribution in [0.2, 0.25) is 0 Å². The number of imidazole rings is 1. The Morgan fingerprint density at radius 1 is 1.63 bits per heavy atom. The average molecular weight is 262 g/mol. The van der Waals surface area contributed by atoms with E-state index in [9.17, 15) is 14.9 Å². The van der Waals surface area contributed by atoms with Gasteiger partial charge < -0.3 is 20.6 Å². The largest absolute Gasteiger partial charge is 0.402 e. The van der Waals surface area contributed by atoms with Gasteiger partial charge in [0, 0.05) is 25.6 Å². The van der Waals surface area contributed by atoms with Gasteiger partial charge >= 0.3 is 5.82 Å². The molecule has 0 saturated heterocycles. The van der Waals surface area contributed by atoms with Crippen molar-refractivity contribution in [2.45, 2.75) is 19.8 Å². The summed E-state index contributed by atoms with van der Waals surface area (Å²) in [5.74, 6) is 5.38. The number of nitrogens with zero attached hydrogens (tertiary/aromatic N) is 3. The van der Waals surface area contributed by atoms with Crippen molar-refractivity contribution in [1.82, 2.24) is 9.55 Å². The molecule has 1 aromatic heterocycles. The standard InChI is InChI=1S/C12H14N4O3/c1-3-5-11-14-12(16(18)19)10(15(11)2)8-9(13)6-4-7-17/h6-7H,4,8,13H2,1-2H3. The van der Waals surface area contributed by atoms with Gasteiger partial charge in [-0.05, 0) is 22.8 Å². The number of hydrogen-bond donors (Lipinski definition) is 1. The van der Waals surface area contributed by atoms with Crippen molar-refractivity contribution in [3.63, 3.8) is 0 Å². The van der Waals surface area contributed by atoms with Gasteiger partial charge in [0.15, 0.2) is 0 Å². The van der Waals surface area contributed by atoms with Gasteiger partial charge in [-0.1, -0.05) is 12.0 Å². The van der Waals surface area contributed by atoms with Crippen LogP contribution in [0.4, 0.5) is 5.82 Å². The van der Waals surface area contributed by atoms with E-state index in [4.69, 9.17) is 5.73 Å². The van der Waals surface area contributed by atoms with E-state index < -0.39 is 4.92 Å². The van der Waals surface area contributed by atoms with Crippen molar-refractivity contribution in [2.24, 2.45) is 12.8 Å². The first-order chi connectivity index (χ1) is 9.01. The maximum Gasteiger partial charge on any atom is 0.386 e. The Hall–Kier alpha value is -2.62. The van der Waals surface area contributed by atoms with Crippen LogP contribution in [0.3, 0.4) is 0 Å². The molecule has 7 heteroatoms. The zero-order valence-electron chi connectivity index (χ0n) is 10.7. The van der Waals surface area contributed by atoms with Crippen molar-refractivity contribution < 1.29 is 9.72 Å². The normalized spacial score (nSPS) is 10.7. The van der Waals surface area contributed by atoms with Crippen LogP contribution < -0.4 is 5.73 Å². The summed E-state index contributed by atoms with van der Waals surface area (Å²) in [4.78, 5) is 24.5. The number of allylic oxidation sites excluding steroid dienone is 2. The molecule has 1 aromatic rings. The fourth-order valence-electron chi connectivity index (χ4n) is 1.55. The minimum absolute atomic E-state index is 0.152. The Labute approximate surface area is 110 Å². The highest BCUT2D eigenvalue weighted by atomic mass is 16.6. The topological polar surface area (TPSA) is 104 Å². The van der Waals surface area contributed by atoms with Crippen LogP contribution in [0.25, 0.3) is 0 Å². The predicted molar refractivity (Wildman–Crippen MR) is 69.1 cm³/mol. The number of carbonyl (C=O) groups excluding carboxylic acids is 1. The molecule has 0 aromatic carbocycles. The van der Waals surface area contributed by atoms with Gasteiger partial charge in [-0.3, -0.25) is 4.57 Å². The van der Waals surface area contributed by atoms with Crippen LogP contribution in [0.1, 0.15) is 24.9 Å². The third-order valence-electron chi connectivity index (χ3n) is 2.45. The molecule has 0 aliphatic heterocycles. The molecule has 0 atom stereocenters. The average Bonchev–Trinajstić information content (AvgIpc) is 2.66. The number of nitro groups is 1. The Kier molecular flexibility index (Phi) is 4.83. The van der Waals surface area contributed by atoms with Crippen LogP contribution in [-0.4, -0.2) is 20.8 Å². The number of carbonyl (C=O) groups is 1. The number of aldehydes is 1. The molecule has 0 aliphatic rings. The van der Waals surface area contributed by atoms with E-state index in [-0.39, 0.29) is 18.7 Å². The maximum atomic E-state index is 11.0. The summed E-state index contributed by atoms with van der Waals surface area (Å²) in [5, 5.41) is 11.0. The smallest absolute Gasteiger partial charge is 0.386 e. The van der Waals surface area contributed by atoms with Gasteiger partial charge in [0.05, 0.1) is 0 Å². The number of aromatic nitrogens is 2. The lowest BCUT2D eigenvalue weighted by Gasteiger charge is -2.02. The molecule has 1 rings (SSSR count). The summed E-state index contributed by atoms with van der Waals surface area (Å²) in [6, 6.07) is 0. The van der Waals surface area contributed by atoms with Gasteiger partial charge in [0.25, 0.3) is 5.82 Å². The second-order valence-electron chi connectivity index (χ2n) is 3.76. The minimum atomic E-state index is -0.566. The van der Waals surface area contributed by atoms with E-state index in [1.807, 2.05) is 0 Å². The first-order valence-corrected chi connectivity index (χ1v) is 5.52. The summed E-state index contributed by atoms with van der Waals surface area (Å²) in [6.45, 7) is 1.62. The predicted octanol–water partition coefficient (Wildman–Crippen LogP) is 0.674. The third-order valence-corrected chi connectivity index (χ3v) is 2.45. The van der Waals surface area contributed by atoms with Crippen molar-refractivity contribution >= 4 is 12.1 Å². The Bertz CT molecular complexity index is 590. The van der Waals surface area contributed by atoms with Crippen LogP contribution in [0, 0.1) is 22.0 Å². The van der Waals surface area contributed by atoms with Crippen LogP contribution in [-0.2, 0) is 18.3 Å². The van der Waals surface area contributed by atoms with Crippen LogP contribution in [0.15, 0.2) is 11.8 Å². The number of rotatable bonds is 5. The molecule has 100 valence electrons. The van der Waals surface area contributed by atoms with E-state index in [0.29, 0.717) is 23.5 Å². The first kappa shape index (κ1) is 14.4. The first-order valence-electron chi connectivity index (χ1n) is 5.52. The van der Waals surface area contributed by atoms with E-state index >= 15 is 0 Å². The Morgan fingerprint density at radius 3 is 2.84 bits per heavy atom. The second-order valence-corrected chi connectivity index (χ2v) is 3.76. The second kappa shape index (κ2) is 6.35. The lowest BCUT2D eigenvalue weighted by molar-refractivity contribution is -0.390. The highest BCUT2D eigenvalue weighted by Crippen LogP contribution is 2.20. The van der Waals surface area contributed by atoms with Crippen LogP contribution >= 0.6 is 0 Å². The Balaban J connectivity index is 3.20. The fourth-order valence-corrected chi connectivity index (χ4v) is 1.55. The SMILES string of the molecule is CC#Cc1nc([N+](=O)[O-])c(CC(N)=CCC=O)n1C. The van der Waals surface area contributed by atoms with Gasteiger partial charge in [0.2, 0.25) is 0 Å². The molecule has 0 radical (unpaired) electrons. The molecule has 0 saturated carbocycles. The molecule has 0 aliphatic carbocycles. The molecule has 0 unspecified atom stereocenters. The van der Waals surface area contributed by atoms with Gasteiger partial charge in [-0.15, -0.1) is 0 Å². The molecule has 0 spiro atoms. The molecule has 19 heavy (non-hydrogen) atoms. The van der Waals surface area contributed by atoms with Crippen LogP contribution in [0.5, 0.6) is 0 Å². The van der Waals surface area contributed by atoms with E-state index in [2.05, 4.69) is 16.8 Å². The molecular weight excluding hydrogens is 248 g/mol. The lowest BCUT2D eigenvalue weighted by Crippen LogP contribution is -2.08. The third kappa shape index (κ3) is 3.42. The molecule has 7 nitrogen and oxygen atoms in total. The molecule has 0 fully saturated rings. The fraction of sp³-hybridized carbons (Fsp3) is 0.333. The summed E-state index contributed by atoms with van der Waals surface area (Å²) in [6.07, 6.45) is 2.56. The molecule has 0 amide bonds. The number of hydrogen-bond acceptors (Lipinski definition) is 5. The highest BCUT2D eigenvalue weighted by molar-refractivity contribution is 5.52. The minimum Gasteiger partial charge on any atom is -0.402 e. The van der Waals surface area contributed by atoms with E-state index in [1.54, 1.807) is 14.0 Å².